The smallest absolute Gasteiger partial charge is 0.335 e. The van der Waals surface area contributed by atoms with Crippen molar-refractivity contribution in [1.29, 1.82) is 0 Å². The van der Waals surface area contributed by atoms with Crippen LogP contribution in [0.1, 0.15) is 21.6 Å². The number of aryl methyl sites for hydroxylation is 1. The number of carboxylic acids is 1. The van der Waals surface area contributed by atoms with Gasteiger partial charge in [0.15, 0.2) is 5.16 Å². The van der Waals surface area contributed by atoms with Crippen molar-refractivity contribution in [2.75, 3.05) is 0 Å². The molecule has 0 aliphatic carbocycles. The topological polar surface area (TPSA) is 83.3 Å². The van der Waals surface area contributed by atoms with Gasteiger partial charge in [0, 0.05) is 22.5 Å². The molecule has 7 heteroatoms. The molecule has 0 fully saturated rings. The molecule has 0 spiro atoms. The first kappa shape index (κ1) is 14.6. The van der Waals surface area contributed by atoms with Crippen molar-refractivity contribution in [3.8, 4) is 5.88 Å². The molecule has 2 N–H and O–H groups in total. The Balaban J connectivity index is 2.12. The van der Waals surface area contributed by atoms with Crippen LogP contribution in [0.25, 0.3) is 0 Å². The van der Waals surface area contributed by atoms with Crippen molar-refractivity contribution < 1.29 is 15.0 Å². The molecule has 1 aromatic carbocycles. The maximum atomic E-state index is 10.8. The van der Waals surface area contributed by atoms with Gasteiger partial charge in [-0.15, -0.1) is 0 Å². The van der Waals surface area contributed by atoms with Crippen LogP contribution in [0.15, 0.2) is 29.4 Å². The Morgan fingerprint density at radius 1 is 1.35 bits per heavy atom. The highest BCUT2D eigenvalue weighted by Gasteiger charge is 2.09. The number of thioether (sulfide) groups is 1. The number of benzene rings is 1. The Kier molecular flexibility index (Phi) is 4.46. The fourth-order valence-corrected chi connectivity index (χ4v) is 2.76. The van der Waals surface area contributed by atoms with Gasteiger partial charge in [-0.25, -0.2) is 9.78 Å². The molecule has 0 unspecified atom stereocenters. The Labute approximate surface area is 124 Å². The highest BCUT2D eigenvalue weighted by molar-refractivity contribution is 7.98. The maximum absolute atomic E-state index is 10.8. The van der Waals surface area contributed by atoms with Crippen LogP contribution in [0, 0.1) is 6.92 Å². The molecule has 2 aromatic rings. The predicted molar refractivity (Wildman–Crippen MR) is 76.4 cm³/mol. The second-order valence-electron chi connectivity index (χ2n) is 4.05. The van der Waals surface area contributed by atoms with Gasteiger partial charge in [0.1, 0.15) is 0 Å². The number of halogens is 1. The van der Waals surface area contributed by atoms with E-state index < -0.39 is 5.97 Å². The molecule has 0 saturated carbocycles. The third kappa shape index (κ3) is 3.61. The molecule has 5 nitrogen and oxygen atoms in total. The lowest BCUT2D eigenvalue weighted by Gasteiger charge is -2.05. The van der Waals surface area contributed by atoms with Crippen molar-refractivity contribution >= 4 is 29.3 Å². The average Bonchev–Trinajstić information content (AvgIpc) is 2.36. The van der Waals surface area contributed by atoms with Crippen LogP contribution in [0.5, 0.6) is 5.88 Å². The highest BCUT2D eigenvalue weighted by Crippen LogP contribution is 2.26. The number of hydrogen-bond donors (Lipinski definition) is 2. The lowest BCUT2D eigenvalue weighted by molar-refractivity contribution is 0.0697. The molecule has 0 saturated heterocycles. The Hall–Kier alpha value is -1.79. The van der Waals surface area contributed by atoms with Crippen LogP contribution in [-0.2, 0) is 5.75 Å². The van der Waals surface area contributed by atoms with Crippen LogP contribution < -0.4 is 0 Å². The van der Waals surface area contributed by atoms with E-state index in [9.17, 15) is 9.90 Å². The molecule has 0 radical (unpaired) electrons. The lowest BCUT2D eigenvalue weighted by atomic mass is 10.1. The standard InChI is InChI=1S/C13H11ClN2O3S/c1-7-4-11(17)16-13(15-7)20-6-9-3-2-8(12(18)19)5-10(9)14/h2-5H,6H2,1H3,(H,18,19)(H,15,16,17). The second-order valence-corrected chi connectivity index (χ2v) is 5.40. The highest BCUT2D eigenvalue weighted by atomic mass is 35.5. The summed E-state index contributed by atoms with van der Waals surface area (Å²) in [5.41, 5.74) is 1.60. The molecule has 0 aliphatic heterocycles. The summed E-state index contributed by atoms with van der Waals surface area (Å²) in [6.45, 7) is 1.76. The van der Waals surface area contributed by atoms with Gasteiger partial charge in [-0.2, -0.15) is 4.98 Å². The van der Waals surface area contributed by atoms with Gasteiger partial charge in [-0.3, -0.25) is 0 Å². The minimum absolute atomic E-state index is 0.0766. The summed E-state index contributed by atoms with van der Waals surface area (Å²) < 4.78 is 0. The number of hydrogen-bond acceptors (Lipinski definition) is 5. The summed E-state index contributed by atoms with van der Waals surface area (Å²) in [6.07, 6.45) is 0. The van der Waals surface area contributed by atoms with Crippen LogP contribution in [0.2, 0.25) is 5.02 Å². The maximum Gasteiger partial charge on any atom is 0.335 e. The van der Waals surface area contributed by atoms with Gasteiger partial charge in [-0.05, 0) is 24.6 Å². The van der Waals surface area contributed by atoms with E-state index in [1.165, 1.54) is 30.0 Å². The van der Waals surface area contributed by atoms with E-state index in [0.29, 0.717) is 21.6 Å². The SMILES string of the molecule is Cc1cc(O)nc(SCc2ccc(C(=O)O)cc2Cl)n1. The summed E-state index contributed by atoms with van der Waals surface area (Å²) >= 11 is 7.35. The second kappa shape index (κ2) is 6.11. The first-order valence-electron chi connectivity index (χ1n) is 5.65. The number of aromatic nitrogens is 2. The quantitative estimate of drug-likeness (QED) is 0.667. The third-order valence-electron chi connectivity index (χ3n) is 2.48. The van der Waals surface area contributed by atoms with E-state index in [1.54, 1.807) is 13.0 Å². The van der Waals surface area contributed by atoms with Crippen LogP contribution in [-0.4, -0.2) is 26.2 Å². The Morgan fingerprint density at radius 3 is 2.70 bits per heavy atom. The predicted octanol–water partition coefficient (Wildman–Crippen LogP) is 3.13. The molecule has 0 amide bonds. The first-order valence-corrected chi connectivity index (χ1v) is 7.01. The zero-order chi connectivity index (χ0) is 14.7. The largest absolute Gasteiger partial charge is 0.493 e. The molecule has 104 valence electrons. The number of aromatic carboxylic acids is 1. The summed E-state index contributed by atoms with van der Waals surface area (Å²) in [5, 5.41) is 19.1. The van der Waals surface area contributed by atoms with Gasteiger partial charge in [-0.1, -0.05) is 29.4 Å². The fourth-order valence-electron chi connectivity index (χ4n) is 1.53. The molecule has 0 aliphatic rings. The van der Waals surface area contributed by atoms with Crippen molar-refractivity contribution in [3.63, 3.8) is 0 Å². The summed E-state index contributed by atoms with van der Waals surface area (Å²) in [4.78, 5) is 18.9. The van der Waals surface area contributed by atoms with Gasteiger partial charge in [0.05, 0.1) is 5.56 Å². The Bertz CT molecular complexity index is 644. The monoisotopic (exact) mass is 310 g/mol. The van der Waals surface area contributed by atoms with E-state index in [1.807, 2.05) is 0 Å². The number of aromatic hydroxyl groups is 1. The fraction of sp³-hybridized carbons (Fsp3) is 0.154. The Morgan fingerprint density at radius 2 is 2.10 bits per heavy atom. The molecular weight excluding hydrogens is 300 g/mol. The molecule has 1 heterocycles. The van der Waals surface area contributed by atoms with Gasteiger partial charge < -0.3 is 10.2 Å². The van der Waals surface area contributed by atoms with Crippen LogP contribution in [0.4, 0.5) is 0 Å². The van der Waals surface area contributed by atoms with E-state index in [2.05, 4.69) is 9.97 Å². The number of carbonyl (C=O) groups is 1. The van der Waals surface area contributed by atoms with Crippen LogP contribution in [0.3, 0.4) is 0 Å². The summed E-state index contributed by atoms with van der Waals surface area (Å²) in [5.74, 6) is -0.605. The third-order valence-corrected chi connectivity index (χ3v) is 3.72. The van der Waals surface area contributed by atoms with Crippen molar-refractivity contribution in [3.05, 3.63) is 46.1 Å². The zero-order valence-electron chi connectivity index (χ0n) is 10.5. The minimum Gasteiger partial charge on any atom is -0.493 e. The molecule has 0 atom stereocenters. The molecule has 2 rings (SSSR count). The number of rotatable bonds is 4. The summed E-state index contributed by atoms with van der Waals surface area (Å²) in [7, 11) is 0. The first-order chi connectivity index (χ1) is 9.45. The molecule has 20 heavy (non-hydrogen) atoms. The lowest BCUT2D eigenvalue weighted by Crippen LogP contribution is -1.97. The van der Waals surface area contributed by atoms with Gasteiger partial charge >= 0.3 is 5.97 Å². The van der Waals surface area contributed by atoms with Crippen molar-refractivity contribution in [1.82, 2.24) is 9.97 Å². The van der Waals surface area contributed by atoms with Gasteiger partial charge in [0.2, 0.25) is 5.88 Å². The number of nitrogens with zero attached hydrogens (tertiary/aromatic N) is 2. The van der Waals surface area contributed by atoms with Crippen molar-refractivity contribution in [2.45, 2.75) is 17.8 Å². The molecule has 1 aromatic heterocycles. The van der Waals surface area contributed by atoms with E-state index >= 15 is 0 Å². The average molecular weight is 311 g/mol. The van der Waals surface area contributed by atoms with Crippen LogP contribution >= 0.6 is 23.4 Å². The van der Waals surface area contributed by atoms with Gasteiger partial charge in [0.25, 0.3) is 0 Å². The molecular formula is C13H11ClN2O3S. The summed E-state index contributed by atoms with van der Waals surface area (Å²) in [6, 6.07) is 6.04. The number of carboxylic acid groups (broad SMARTS) is 1. The minimum atomic E-state index is -1.02. The van der Waals surface area contributed by atoms with E-state index in [4.69, 9.17) is 16.7 Å². The normalized spacial score (nSPS) is 10.5. The molecule has 0 bridgehead atoms. The van der Waals surface area contributed by atoms with E-state index in [0.717, 1.165) is 5.56 Å². The van der Waals surface area contributed by atoms with Crippen molar-refractivity contribution in [2.24, 2.45) is 0 Å². The van der Waals surface area contributed by atoms with E-state index in [-0.39, 0.29) is 11.4 Å². The zero-order valence-corrected chi connectivity index (χ0v) is 12.1.